The molecule has 2 aliphatic heterocycles. The van der Waals surface area contributed by atoms with E-state index in [0.29, 0.717) is 23.8 Å². The maximum atomic E-state index is 11.6. The molecule has 1 amide bonds. The number of fused-ring (bicyclic) bond motifs is 1. The van der Waals surface area contributed by atoms with Gasteiger partial charge < -0.3 is 9.80 Å². The van der Waals surface area contributed by atoms with Gasteiger partial charge in [0.15, 0.2) is 5.65 Å². The average Bonchev–Trinajstić information content (AvgIpc) is 3.67. The molecule has 1 aromatic carbocycles. The summed E-state index contributed by atoms with van der Waals surface area (Å²) in [7, 11) is 1.88. The minimum Gasteiger partial charge on any atom is -0.340 e. The van der Waals surface area contributed by atoms with Gasteiger partial charge in [-0.25, -0.2) is 24.6 Å². The van der Waals surface area contributed by atoms with E-state index in [9.17, 15) is 4.79 Å². The van der Waals surface area contributed by atoms with Gasteiger partial charge in [0.1, 0.15) is 0 Å². The first-order valence-corrected chi connectivity index (χ1v) is 15.2. The fraction of sp³-hybridized carbons (Fsp3) is 0.419. The zero-order chi connectivity index (χ0) is 30.0. The van der Waals surface area contributed by atoms with Crippen LogP contribution in [0.25, 0.3) is 33.7 Å². The fourth-order valence-corrected chi connectivity index (χ4v) is 6.13. The first-order chi connectivity index (χ1) is 21.5. The predicted molar refractivity (Wildman–Crippen MR) is 173 cm³/mol. The van der Waals surface area contributed by atoms with Gasteiger partial charge in [-0.2, -0.15) is 5.10 Å². The van der Waals surface area contributed by atoms with E-state index in [-0.39, 0.29) is 18.3 Å². The van der Waals surface area contributed by atoms with Gasteiger partial charge in [-0.1, -0.05) is 29.5 Å². The molecule has 4 aromatic heterocycles. The molecule has 45 heavy (non-hydrogen) atoms. The average molecular weight is 629 g/mol. The Kier molecular flexibility index (Phi) is 8.99. The number of benzene rings is 1. The van der Waals surface area contributed by atoms with Crippen molar-refractivity contribution in [2.45, 2.75) is 32.9 Å². The number of amides is 1. The molecule has 6 heterocycles. The molecule has 13 nitrogen and oxygen atoms in total. The maximum absolute atomic E-state index is 11.6. The maximum Gasteiger partial charge on any atom is 0.225 e. The summed E-state index contributed by atoms with van der Waals surface area (Å²) in [4.78, 5) is 37.0. The second-order valence-electron chi connectivity index (χ2n) is 11.8. The second-order valence-corrected chi connectivity index (χ2v) is 11.8. The van der Waals surface area contributed by atoms with Crippen LogP contribution >= 0.6 is 12.4 Å². The number of carbonyl (C=O) groups excluding carboxylic acids is 1. The molecule has 0 aliphatic carbocycles. The largest absolute Gasteiger partial charge is 0.340 e. The van der Waals surface area contributed by atoms with E-state index in [4.69, 9.17) is 15.0 Å². The molecular weight excluding hydrogens is 592 g/mol. The smallest absolute Gasteiger partial charge is 0.225 e. The number of anilines is 1. The van der Waals surface area contributed by atoms with Crippen molar-refractivity contribution < 1.29 is 4.79 Å². The van der Waals surface area contributed by atoms with Gasteiger partial charge in [-0.15, -0.1) is 17.5 Å². The molecule has 2 saturated heterocycles. The number of carbonyl (C=O) groups is 1. The van der Waals surface area contributed by atoms with Gasteiger partial charge >= 0.3 is 0 Å². The molecule has 14 heteroatoms. The highest BCUT2D eigenvalue weighted by Crippen LogP contribution is 2.25. The Morgan fingerprint density at radius 1 is 0.911 bits per heavy atom. The lowest BCUT2D eigenvalue weighted by molar-refractivity contribution is -0.130. The summed E-state index contributed by atoms with van der Waals surface area (Å²) in [6.45, 7) is 8.42. The lowest BCUT2D eigenvalue weighted by atomic mass is 9.98. The quantitative estimate of drug-likeness (QED) is 0.265. The summed E-state index contributed by atoms with van der Waals surface area (Å²) in [6.07, 6.45) is 11.4. The molecule has 0 unspecified atom stereocenters. The Morgan fingerprint density at radius 3 is 2.40 bits per heavy atom. The summed E-state index contributed by atoms with van der Waals surface area (Å²) in [6, 6.07) is 8.63. The number of aryl methyl sites for hydroxylation is 1. The van der Waals surface area contributed by atoms with Crippen molar-refractivity contribution in [2.24, 2.45) is 13.0 Å². The molecule has 234 valence electrons. The van der Waals surface area contributed by atoms with Crippen LogP contribution in [-0.4, -0.2) is 99.7 Å². The Bertz CT molecular complexity index is 1740. The molecule has 0 radical (unpaired) electrons. The Balaban J connectivity index is 0.00000357. The van der Waals surface area contributed by atoms with Crippen molar-refractivity contribution >= 4 is 35.6 Å². The van der Waals surface area contributed by atoms with E-state index in [2.05, 4.69) is 54.5 Å². The number of halogens is 1. The number of piperidine rings is 1. The van der Waals surface area contributed by atoms with E-state index in [1.54, 1.807) is 24.0 Å². The van der Waals surface area contributed by atoms with Crippen LogP contribution in [0.3, 0.4) is 0 Å². The topological polar surface area (TPSA) is 127 Å². The van der Waals surface area contributed by atoms with Crippen molar-refractivity contribution in [1.29, 1.82) is 0 Å². The zero-order valence-corrected chi connectivity index (χ0v) is 26.3. The molecule has 5 aromatic rings. The van der Waals surface area contributed by atoms with E-state index in [0.717, 1.165) is 87.0 Å². The second kappa shape index (κ2) is 13.2. The molecule has 0 bridgehead atoms. The number of rotatable bonds is 7. The van der Waals surface area contributed by atoms with Gasteiger partial charge in [0.25, 0.3) is 0 Å². The summed E-state index contributed by atoms with van der Waals surface area (Å²) >= 11 is 0. The lowest BCUT2D eigenvalue weighted by Gasteiger charge is -2.34. The van der Waals surface area contributed by atoms with Crippen LogP contribution in [0.4, 0.5) is 5.95 Å². The van der Waals surface area contributed by atoms with E-state index in [1.165, 1.54) is 5.56 Å². The molecule has 0 N–H and O–H groups in total. The molecule has 0 spiro atoms. The van der Waals surface area contributed by atoms with Gasteiger partial charge in [0.05, 0.1) is 18.1 Å². The molecule has 0 saturated carbocycles. The SMILES string of the molecule is CC(=O)N1CCN(Cc2ccc(-c3cnc(N4CCC[C@H](Cn5nnc6ncc(-c7cnn(C)c7)nc65)C4)nc3)cc2)CC1.Cl. The van der Waals surface area contributed by atoms with E-state index < -0.39 is 0 Å². The fourth-order valence-electron chi connectivity index (χ4n) is 6.13. The van der Waals surface area contributed by atoms with Gasteiger partial charge in [0.2, 0.25) is 17.5 Å². The Morgan fingerprint density at radius 2 is 1.69 bits per heavy atom. The first-order valence-electron chi connectivity index (χ1n) is 15.2. The summed E-state index contributed by atoms with van der Waals surface area (Å²) in [5.74, 6) is 1.27. The third kappa shape index (κ3) is 6.79. The van der Waals surface area contributed by atoms with E-state index >= 15 is 0 Å². The van der Waals surface area contributed by atoms with Crippen molar-refractivity contribution in [2.75, 3.05) is 44.2 Å². The zero-order valence-electron chi connectivity index (χ0n) is 25.5. The highest BCUT2D eigenvalue weighted by atomic mass is 35.5. The summed E-state index contributed by atoms with van der Waals surface area (Å²) in [5.41, 5.74) is 6.27. The molecular formula is C31H37ClN12O. The number of piperazine rings is 1. The molecule has 7 rings (SSSR count). The molecule has 2 aliphatic rings. The monoisotopic (exact) mass is 628 g/mol. The standard InChI is InChI=1S/C31H36N12O.ClH/c1-22(44)41-12-10-40(11-13-41)18-23-5-7-25(8-6-23)26-14-33-31(34-15-26)42-9-3-4-24(19-42)20-43-30-29(37-38-43)32-17-28(36-30)27-16-35-39(2)21-27;/h5-8,14-17,21,24H,3-4,9-13,18-20H2,1-2H3;1H/t24-;/m0./s1. The molecule has 2 fully saturated rings. The van der Waals surface area contributed by atoms with Gasteiger partial charge in [0, 0.05) is 96.0 Å². The summed E-state index contributed by atoms with van der Waals surface area (Å²) in [5, 5.41) is 12.9. The van der Waals surface area contributed by atoms with Crippen LogP contribution in [0.1, 0.15) is 25.3 Å². The van der Waals surface area contributed by atoms with Crippen LogP contribution < -0.4 is 4.90 Å². The Hall–Kier alpha value is -4.49. The van der Waals surface area contributed by atoms with Crippen LogP contribution in [0.2, 0.25) is 0 Å². The number of nitrogens with zero attached hydrogens (tertiary/aromatic N) is 12. The van der Waals surface area contributed by atoms with Crippen LogP contribution in [-0.2, 0) is 24.9 Å². The normalized spacial score (nSPS) is 17.4. The van der Waals surface area contributed by atoms with Crippen molar-refractivity contribution in [3.05, 3.63) is 60.8 Å². The minimum atomic E-state index is 0. The number of hydrogen-bond donors (Lipinski definition) is 0. The van der Waals surface area contributed by atoms with Crippen LogP contribution in [0.5, 0.6) is 0 Å². The highest BCUT2D eigenvalue weighted by Gasteiger charge is 2.24. The van der Waals surface area contributed by atoms with Crippen molar-refractivity contribution in [1.82, 2.24) is 54.5 Å². The highest BCUT2D eigenvalue weighted by molar-refractivity contribution is 5.85. The summed E-state index contributed by atoms with van der Waals surface area (Å²) < 4.78 is 3.62. The first kappa shape index (κ1) is 30.5. The van der Waals surface area contributed by atoms with Crippen molar-refractivity contribution in [3.8, 4) is 22.4 Å². The van der Waals surface area contributed by atoms with Gasteiger partial charge in [-0.3, -0.25) is 14.4 Å². The molecule has 1 atom stereocenters. The van der Waals surface area contributed by atoms with Crippen molar-refractivity contribution in [3.63, 3.8) is 0 Å². The number of aromatic nitrogens is 9. The lowest BCUT2D eigenvalue weighted by Crippen LogP contribution is -2.47. The minimum absolute atomic E-state index is 0. The third-order valence-corrected chi connectivity index (χ3v) is 8.61. The number of hydrogen-bond acceptors (Lipinski definition) is 10. The third-order valence-electron chi connectivity index (χ3n) is 8.61. The van der Waals surface area contributed by atoms with E-state index in [1.807, 2.05) is 35.2 Å². The predicted octanol–water partition coefficient (Wildman–Crippen LogP) is 3.08. The van der Waals surface area contributed by atoms with Crippen LogP contribution in [0, 0.1) is 5.92 Å². The van der Waals surface area contributed by atoms with Gasteiger partial charge in [-0.05, 0) is 29.9 Å². The Labute approximate surface area is 267 Å². The van der Waals surface area contributed by atoms with Crippen LogP contribution in [0.15, 0.2) is 55.2 Å².